The molecule has 2 heterocycles. The van der Waals surface area contributed by atoms with Gasteiger partial charge >= 0.3 is 0 Å². The maximum atomic E-state index is 12.8. The monoisotopic (exact) mass is 586 g/mol. The molecule has 0 radical (unpaired) electrons. The van der Waals surface area contributed by atoms with E-state index in [0.717, 1.165) is 59.7 Å². The number of rotatable bonds is 12. The van der Waals surface area contributed by atoms with Crippen LogP contribution in [0.2, 0.25) is 0 Å². The van der Waals surface area contributed by atoms with E-state index in [-0.39, 0.29) is 12.0 Å². The molecule has 5 rings (SSSR count). The molecule has 1 aliphatic carbocycles. The van der Waals surface area contributed by atoms with Crippen LogP contribution in [0.4, 0.5) is 0 Å². The van der Waals surface area contributed by atoms with Crippen LogP contribution in [0, 0.1) is 12.8 Å². The molecule has 3 atom stereocenters. The maximum absolute atomic E-state index is 12.8. The van der Waals surface area contributed by atoms with Gasteiger partial charge in [0.15, 0.2) is 11.4 Å². The predicted octanol–water partition coefficient (Wildman–Crippen LogP) is 5.02. The Morgan fingerprint density at radius 2 is 1.91 bits per heavy atom. The van der Waals surface area contributed by atoms with E-state index >= 15 is 0 Å². The molecule has 1 amide bonds. The standard InChI is InChI=1S/C34H43N5O4/c1-5-6-10-28-21-27-9-7-8-11-29(27)32(37-28)42-19-18-39(3,4)30-17-14-25(22-34(30,41)33(35)40)20-24-12-15-26(16-13-24)31-36-23(2)38-43-31/h7-9,11-13,15-16,21,25,30,41H,5-6,10,14,17-20,22H2,1-4H3,(H-,35,40)/p+1/t25?,30-,34-/m0/s1. The number of hydrogen-bond acceptors (Lipinski definition) is 7. The number of likely N-dealkylation sites (N-methyl/N-ethyl adjacent to an activating group) is 1. The Morgan fingerprint density at radius 3 is 2.60 bits per heavy atom. The molecule has 228 valence electrons. The van der Waals surface area contributed by atoms with E-state index in [4.69, 9.17) is 20.0 Å². The maximum Gasteiger partial charge on any atom is 0.257 e. The highest BCUT2D eigenvalue weighted by Gasteiger charge is 2.54. The van der Waals surface area contributed by atoms with Crippen molar-refractivity contribution in [3.8, 4) is 17.3 Å². The van der Waals surface area contributed by atoms with Crippen LogP contribution in [-0.4, -0.2) is 69.5 Å². The number of carbonyl (C=O) groups is 1. The number of ether oxygens (including phenoxy) is 1. The molecule has 2 aromatic heterocycles. The Kier molecular flexibility index (Phi) is 9.13. The first-order valence-electron chi connectivity index (χ1n) is 15.3. The van der Waals surface area contributed by atoms with Crippen LogP contribution >= 0.6 is 0 Å². The van der Waals surface area contributed by atoms with E-state index in [1.807, 2.05) is 56.6 Å². The fourth-order valence-electron chi connectivity index (χ4n) is 6.56. The normalized spacial score (nSPS) is 20.8. The van der Waals surface area contributed by atoms with E-state index in [2.05, 4.69) is 29.2 Å². The minimum Gasteiger partial charge on any atom is -0.471 e. The van der Waals surface area contributed by atoms with Crippen molar-refractivity contribution >= 4 is 16.7 Å². The van der Waals surface area contributed by atoms with Gasteiger partial charge in [0.1, 0.15) is 19.2 Å². The number of quaternary nitrogens is 1. The molecule has 1 unspecified atom stereocenters. The number of aliphatic hydroxyl groups is 1. The number of fused-ring (bicyclic) bond motifs is 1. The van der Waals surface area contributed by atoms with E-state index in [1.54, 1.807) is 6.92 Å². The van der Waals surface area contributed by atoms with Crippen LogP contribution in [0.3, 0.4) is 0 Å². The molecular weight excluding hydrogens is 542 g/mol. The Hall–Kier alpha value is -3.82. The summed E-state index contributed by atoms with van der Waals surface area (Å²) in [5, 5.41) is 17.8. The topological polar surface area (TPSA) is 124 Å². The number of unbranched alkanes of at least 4 members (excludes halogenated alkanes) is 1. The molecule has 1 saturated carbocycles. The smallest absolute Gasteiger partial charge is 0.257 e. The number of nitrogens with two attached hydrogens (primary N) is 1. The number of benzene rings is 2. The van der Waals surface area contributed by atoms with Gasteiger partial charge in [0.2, 0.25) is 5.88 Å². The molecule has 0 saturated heterocycles. The summed E-state index contributed by atoms with van der Waals surface area (Å²) < 4.78 is 12.0. The van der Waals surface area contributed by atoms with Crippen LogP contribution in [-0.2, 0) is 17.6 Å². The summed E-state index contributed by atoms with van der Waals surface area (Å²) in [5.74, 6) is 1.19. The molecule has 4 aromatic rings. The van der Waals surface area contributed by atoms with Crippen LogP contribution in [0.15, 0.2) is 59.1 Å². The third-order valence-electron chi connectivity index (χ3n) is 8.97. The summed E-state index contributed by atoms with van der Waals surface area (Å²) in [6.45, 7) is 4.96. The average Bonchev–Trinajstić information content (AvgIpc) is 3.42. The summed E-state index contributed by atoms with van der Waals surface area (Å²) >= 11 is 0. The van der Waals surface area contributed by atoms with Crippen molar-refractivity contribution in [1.82, 2.24) is 15.1 Å². The van der Waals surface area contributed by atoms with Gasteiger partial charge in [0.05, 0.1) is 14.1 Å². The largest absolute Gasteiger partial charge is 0.471 e. The summed E-state index contributed by atoms with van der Waals surface area (Å²) in [4.78, 5) is 21.9. The zero-order valence-electron chi connectivity index (χ0n) is 25.8. The van der Waals surface area contributed by atoms with Gasteiger partial charge < -0.3 is 24.6 Å². The van der Waals surface area contributed by atoms with E-state index in [1.165, 1.54) is 0 Å². The molecule has 2 aromatic carbocycles. The lowest BCUT2D eigenvalue weighted by molar-refractivity contribution is -0.922. The zero-order valence-corrected chi connectivity index (χ0v) is 25.8. The van der Waals surface area contributed by atoms with Gasteiger partial charge in [0, 0.05) is 23.1 Å². The minimum absolute atomic E-state index is 0.128. The molecule has 3 N–H and O–H groups in total. The van der Waals surface area contributed by atoms with Crippen molar-refractivity contribution in [2.45, 2.75) is 70.4 Å². The van der Waals surface area contributed by atoms with Crippen LogP contribution in [0.25, 0.3) is 22.2 Å². The quantitative estimate of drug-likeness (QED) is 0.223. The molecule has 43 heavy (non-hydrogen) atoms. The van der Waals surface area contributed by atoms with Crippen molar-refractivity contribution < 1.29 is 23.6 Å². The summed E-state index contributed by atoms with van der Waals surface area (Å²) in [7, 11) is 4.09. The first-order valence-corrected chi connectivity index (χ1v) is 15.3. The number of amides is 1. The number of primary amides is 1. The van der Waals surface area contributed by atoms with Gasteiger partial charge in [-0.15, -0.1) is 0 Å². The Labute approximate surface area is 253 Å². The summed E-state index contributed by atoms with van der Waals surface area (Å²) in [6.07, 6.45) is 5.74. The lowest BCUT2D eigenvalue weighted by Crippen LogP contribution is -2.68. The number of aryl methyl sites for hydroxylation is 2. The SMILES string of the molecule is CCCCc1cc2ccccc2c(OCC[N+](C)(C)[C@H]2CCC(Cc3ccc(-c4nc(C)no4)cc3)C[C@@]2(O)C(N)=O)n1. The first-order chi connectivity index (χ1) is 20.6. The van der Waals surface area contributed by atoms with Gasteiger partial charge in [-0.3, -0.25) is 4.79 Å². The highest BCUT2D eigenvalue weighted by atomic mass is 16.5. The Balaban J connectivity index is 1.24. The van der Waals surface area contributed by atoms with Crippen LogP contribution < -0.4 is 10.5 Å². The van der Waals surface area contributed by atoms with Gasteiger partial charge in [-0.25, -0.2) is 4.98 Å². The molecule has 9 heteroatoms. The highest BCUT2D eigenvalue weighted by molar-refractivity contribution is 5.87. The second-order valence-corrected chi connectivity index (χ2v) is 12.6. The van der Waals surface area contributed by atoms with Gasteiger partial charge in [-0.2, -0.15) is 4.98 Å². The second-order valence-electron chi connectivity index (χ2n) is 12.6. The zero-order chi connectivity index (χ0) is 30.6. The predicted molar refractivity (Wildman–Crippen MR) is 166 cm³/mol. The molecule has 0 aliphatic heterocycles. The Morgan fingerprint density at radius 1 is 1.14 bits per heavy atom. The van der Waals surface area contributed by atoms with Crippen molar-refractivity contribution in [3.63, 3.8) is 0 Å². The number of carbonyl (C=O) groups excluding carboxylic acids is 1. The fraction of sp³-hybridized carbons (Fsp3) is 0.471. The molecule has 1 fully saturated rings. The van der Waals surface area contributed by atoms with Crippen LogP contribution in [0.1, 0.15) is 56.1 Å². The number of pyridine rings is 1. The van der Waals surface area contributed by atoms with Crippen molar-refractivity contribution in [1.29, 1.82) is 0 Å². The van der Waals surface area contributed by atoms with Crippen LogP contribution in [0.5, 0.6) is 5.88 Å². The number of nitrogens with zero attached hydrogens (tertiary/aromatic N) is 4. The van der Waals surface area contributed by atoms with Crippen molar-refractivity contribution in [3.05, 3.63) is 71.7 Å². The van der Waals surface area contributed by atoms with Gasteiger partial charge in [0.25, 0.3) is 11.8 Å². The number of hydrogen-bond donors (Lipinski definition) is 2. The third-order valence-corrected chi connectivity index (χ3v) is 8.97. The van der Waals surface area contributed by atoms with E-state index in [9.17, 15) is 9.90 Å². The van der Waals surface area contributed by atoms with Gasteiger partial charge in [-0.05, 0) is 80.2 Å². The molecule has 0 spiro atoms. The lowest BCUT2D eigenvalue weighted by atomic mass is 9.71. The molecule has 9 nitrogen and oxygen atoms in total. The van der Waals surface area contributed by atoms with E-state index < -0.39 is 11.5 Å². The number of aromatic nitrogens is 3. The van der Waals surface area contributed by atoms with Crippen molar-refractivity contribution in [2.75, 3.05) is 27.2 Å². The second kappa shape index (κ2) is 12.8. The summed E-state index contributed by atoms with van der Waals surface area (Å²) in [5.41, 5.74) is 7.31. The molecule has 0 bridgehead atoms. The van der Waals surface area contributed by atoms with E-state index in [0.29, 0.717) is 48.1 Å². The van der Waals surface area contributed by atoms with Gasteiger partial charge in [-0.1, -0.05) is 48.8 Å². The average molecular weight is 587 g/mol. The molecular formula is C34H44N5O4+. The molecule has 1 aliphatic rings. The third kappa shape index (κ3) is 6.89. The minimum atomic E-state index is -1.61. The summed E-state index contributed by atoms with van der Waals surface area (Å²) in [6, 6.07) is 18.0. The highest BCUT2D eigenvalue weighted by Crippen LogP contribution is 2.39. The lowest BCUT2D eigenvalue weighted by Gasteiger charge is -2.49. The Bertz CT molecular complexity index is 1550. The van der Waals surface area contributed by atoms with Crippen molar-refractivity contribution in [2.24, 2.45) is 11.7 Å². The fourth-order valence-corrected chi connectivity index (χ4v) is 6.56. The first kappa shape index (κ1) is 30.6.